The minimum atomic E-state index is -4.08. The van der Waals surface area contributed by atoms with Crippen LogP contribution in [0.5, 0.6) is 5.75 Å². The number of rotatable bonds is 23. The number of ether oxygens (including phenoxy) is 1. The third-order valence-corrected chi connectivity index (χ3v) is 14.8. The van der Waals surface area contributed by atoms with Crippen LogP contribution in [0.1, 0.15) is 102 Å². The molecule has 73 heavy (non-hydrogen) atoms. The summed E-state index contributed by atoms with van der Waals surface area (Å²) in [6.07, 6.45) is 20.0. The van der Waals surface area contributed by atoms with Crippen molar-refractivity contribution in [3.05, 3.63) is 142 Å². The summed E-state index contributed by atoms with van der Waals surface area (Å²) in [5.74, 6) is 0.435. The van der Waals surface area contributed by atoms with Crippen molar-refractivity contribution in [2.75, 3.05) is 69.2 Å². The van der Waals surface area contributed by atoms with Crippen LogP contribution in [-0.2, 0) is 14.4 Å². The molecule has 0 saturated carbocycles. The maximum absolute atomic E-state index is 16.2. The lowest BCUT2D eigenvalue weighted by atomic mass is 9.87. The van der Waals surface area contributed by atoms with E-state index in [2.05, 4.69) is 30.7 Å². The van der Waals surface area contributed by atoms with Crippen molar-refractivity contribution in [2.24, 2.45) is 0 Å². The van der Waals surface area contributed by atoms with E-state index >= 15 is 8.63 Å². The number of carbonyl (C=O) groups excluding carboxylic acids is 4. The number of unbranched alkanes of at least 4 members (excludes halogenated alkanes) is 7. The molecule has 1 fully saturated rings. The summed E-state index contributed by atoms with van der Waals surface area (Å²) < 4.78 is 39.1. The maximum Gasteiger partial charge on any atom is 0.530 e. The molecule has 0 spiro atoms. The second-order valence-electron chi connectivity index (χ2n) is 19.0. The SMILES string of the molecule is O=C(CCCCCNC(=O)COc1ccc(/C=C/c2ccc3n2[B-](F)(F)N2C(=C3)C=CC2c2cccs2)cc1)NCCCCCCCCN1CCN(CC(=O)N2c3ccccc3C(=O)Nc3cccnc32)CC1. The Kier molecular flexibility index (Phi) is 16.9. The number of amides is 4. The van der Waals surface area contributed by atoms with E-state index in [-0.39, 0.29) is 36.8 Å². The molecule has 14 nitrogen and oxygen atoms in total. The van der Waals surface area contributed by atoms with E-state index in [1.54, 1.807) is 90.0 Å². The Morgan fingerprint density at radius 3 is 2.33 bits per heavy atom. The molecule has 1 saturated heterocycles. The lowest BCUT2D eigenvalue weighted by Crippen LogP contribution is -2.54. The Labute approximate surface area is 429 Å². The highest BCUT2D eigenvalue weighted by Crippen LogP contribution is 2.45. The summed E-state index contributed by atoms with van der Waals surface area (Å²) in [6.45, 7) is 1.70. The normalized spacial score (nSPS) is 17.0. The number of carbonyl (C=O) groups is 4. The third kappa shape index (κ3) is 12.7. The molecule has 0 bridgehead atoms. The van der Waals surface area contributed by atoms with Gasteiger partial charge in [-0.25, -0.2) is 4.98 Å². The van der Waals surface area contributed by atoms with Gasteiger partial charge in [-0.15, -0.1) is 11.3 Å². The number of piperazine rings is 1. The highest BCUT2D eigenvalue weighted by molar-refractivity contribution is 7.10. The van der Waals surface area contributed by atoms with E-state index in [0.717, 1.165) is 92.6 Å². The fourth-order valence-electron chi connectivity index (χ4n) is 9.96. The van der Waals surface area contributed by atoms with E-state index in [1.807, 2.05) is 41.8 Å². The molecule has 0 aliphatic carbocycles. The predicted molar refractivity (Wildman–Crippen MR) is 286 cm³/mol. The quantitative estimate of drug-likeness (QED) is 0.0431. The third-order valence-electron chi connectivity index (χ3n) is 13.8. The van der Waals surface area contributed by atoms with Crippen LogP contribution in [0, 0.1) is 0 Å². The highest BCUT2D eigenvalue weighted by Gasteiger charge is 2.46. The average molecular weight is 1010 g/mol. The first kappa shape index (κ1) is 51.0. The van der Waals surface area contributed by atoms with Gasteiger partial charge in [-0.1, -0.05) is 74.6 Å². The van der Waals surface area contributed by atoms with Crippen molar-refractivity contribution >= 4 is 77.4 Å². The number of benzene rings is 2. The zero-order chi connectivity index (χ0) is 50.6. The first-order valence-electron chi connectivity index (χ1n) is 25.7. The van der Waals surface area contributed by atoms with E-state index in [4.69, 9.17) is 4.74 Å². The van der Waals surface area contributed by atoms with Crippen molar-refractivity contribution < 1.29 is 32.5 Å². The Bertz CT molecular complexity index is 2810. The molecular weight excluding hydrogens is 948 g/mol. The van der Waals surface area contributed by atoms with Crippen LogP contribution in [0.3, 0.4) is 0 Å². The Morgan fingerprint density at radius 1 is 0.795 bits per heavy atom. The summed E-state index contributed by atoms with van der Waals surface area (Å²) in [4.78, 5) is 64.3. The minimum Gasteiger partial charge on any atom is -0.484 e. The number of thiophene rings is 1. The van der Waals surface area contributed by atoms with Gasteiger partial charge in [0.2, 0.25) is 11.8 Å². The van der Waals surface area contributed by atoms with Crippen LogP contribution in [0.2, 0.25) is 0 Å². The topological polar surface area (TPSA) is 144 Å². The van der Waals surface area contributed by atoms with Crippen molar-refractivity contribution in [3.63, 3.8) is 0 Å². The molecule has 9 rings (SSSR count). The van der Waals surface area contributed by atoms with E-state index < -0.39 is 13.0 Å². The number of fused-ring (bicyclic) bond motifs is 4. The largest absolute Gasteiger partial charge is 0.530 e. The van der Waals surface area contributed by atoms with Gasteiger partial charge in [-0.3, -0.25) is 29.0 Å². The molecule has 3 aromatic heterocycles. The van der Waals surface area contributed by atoms with Gasteiger partial charge in [-0.2, -0.15) is 0 Å². The number of pyridine rings is 1. The fraction of sp³-hybridized carbons (Fsp3) is 0.364. The molecule has 7 heterocycles. The second-order valence-corrected chi connectivity index (χ2v) is 19.9. The zero-order valence-electron chi connectivity index (χ0n) is 41.1. The van der Waals surface area contributed by atoms with E-state index in [9.17, 15) is 19.2 Å². The van der Waals surface area contributed by atoms with Gasteiger partial charge in [0.1, 0.15) is 5.75 Å². The van der Waals surface area contributed by atoms with E-state index in [1.165, 1.54) is 29.0 Å². The second kappa shape index (κ2) is 24.2. The number of hydrogen-bond donors (Lipinski definition) is 3. The number of hydrogen-bond acceptors (Lipinski definition) is 10. The molecule has 4 amide bonds. The molecule has 4 aliphatic heterocycles. The molecule has 382 valence electrons. The van der Waals surface area contributed by atoms with Crippen LogP contribution < -0.4 is 25.6 Å². The van der Waals surface area contributed by atoms with Crippen LogP contribution in [-0.4, -0.2) is 114 Å². The zero-order valence-corrected chi connectivity index (χ0v) is 41.9. The van der Waals surface area contributed by atoms with Gasteiger partial charge < -0.3 is 43.5 Å². The molecule has 1 atom stereocenters. The molecule has 2 aromatic carbocycles. The summed E-state index contributed by atoms with van der Waals surface area (Å²) in [5.41, 5.74) is 3.70. The number of aromatic nitrogens is 2. The van der Waals surface area contributed by atoms with Crippen LogP contribution in [0.25, 0.3) is 18.2 Å². The average Bonchev–Trinajstić information content (AvgIpc) is 4.17. The molecule has 3 N–H and O–H groups in total. The van der Waals surface area contributed by atoms with Crippen LogP contribution >= 0.6 is 11.3 Å². The molecule has 4 aliphatic rings. The summed E-state index contributed by atoms with van der Waals surface area (Å²) in [7, 11) is 0. The van der Waals surface area contributed by atoms with Gasteiger partial charge in [0, 0.05) is 73.8 Å². The Morgan fingerprint density at radius 2 is 1.53 bits per heavy atom. The van der Waals surface area contributed by atoms with Gasteiger partial charge in [-0.05, 0) is 116 Å². The van der Waals surface area contributed by atoms with Crippen LogP contribution in [0.15, 0.2) is 114 Å². The van der Waals surface area contributed by atoms with Crippen molar-refractivity contribution in [1.29, 1.82) is 0 Å². The fourth-order valence-corrected chi connectivity index (χ4v) is 10.8. The summed E-state index contributed by atoms with van der Waals surface area (Å²) in [5, 5.41) is 10.7. The van der Waals surface area contributed by atoms with Crippen LogP contribution in [0.4, 0.5) is 25.8 Å². The monoisotopic (exact) mass is 1010 g/mol. The summed E-state index contributed by atoms with van der Waals surface area (Å²) in [6, 6.07) is 24.5. The van der Waals surface area contributed by atoms with Crippen molar-refractivity contribution in [1.82, 2.24) is 34.7 Å². The van der Waals surface area contributed by atoms with Gasteiger partial charge in [0.25, 0.3) is 11.8 Å². The standard InChI is InChI=1S/C55H63BF2N9O5S/c57-56(58)66-42(23-24-43(66)38-44-25-28-49(67(44)56)50-17-13-37-73-50)22-19-41-20-26-45(27-21-41)72-40-52(69)60-30-10-5-6-18-51(68)59-29-9-3-1-2-4-11-32-63-33-35-64(36-34-63)39-53(70)65-48-16-8-7-14-46(48)55(71)62-47-15-12-31-61-54(47)65/h7-8,12-17,19-28,31,37-38,49H,1-6,9-11,18,29-30,32-36,39-40H2,(H,59,68)(H,60,69)(H,62,71)/q-1/b22-19+. The van der Waals surface area contributed by atoms with E-state index in [0.29, 0.717) is 65.1 Å². The summed E-state index contributed by atoms with van der Waals surface area (Å²) >= 11 is 1.47. The lowest BCUT2D eigenvalue weighted by Gasteiger charge is -2.47. The number of nitrogens with one attached hydrogen (secondary N) is 3. The minimum absolute atomic E-state index is 0.0665. The van der Waals surface area contributed by atoms with Gasteiger partial charge >= 0.3 is 6.97 Å². The molecule has 5 aromatic rings. The Balaban J connectivity index is 0.568. The number of anilines is 3. The molecule has 18 heteroatoms. The smallest absolute Gasteiger partial charge is 0.484 e. The molecule has 0 radical (unpaired) electrons. The Hall–Kier alpha value is -6.89. The van der Waals surface area contributed by atoms with Gasteiger partial charge in [0.15, 0.2) is 12.4 Å². The highest BCUT2D eigenvalue weighted by atomic mass is 32.1. The number of nitrogens with zero attached hydrogens (tertiary/aromatic N) is 6. The van der Waals surface area contributed by atoms with Crippen molar-refractivity contribution in [2.45, 2.75) is 70.3 Å². The molecule has 1 unspecified atom stereocenters. The maximum atomic E-state index is 16.2. The first-order chi connectivity index (χ1) is 35.6. The van der Waals surface area contributed by atoms with Gasteiger partial charge in [0.05, 0.1) is 29.5 Å². The first-order valence-corrected chi connectivity index (χ1v) is 26.5. The number of allylic oxidation sites excluding steroid dienone is 1. The van der Waals surface area contributed by atoms with Crippen molar-refractivity contribution in [3.8, 4) is 5.75 Å². The number of para-hydroxylation sites is 1. The predicted octanol–water partition coefficient (Wildman–Crippen LogP) is 9.37. The lowest BCUT2D eigenvalue weighted by molar-refractivity contribution is -0.123. The number of halogens is 2. The molecular formula is C55H63BF2N9O5S-.